The first-order chi connectivity index (χ1) is 5.77. The fraction of sp³-hybridized carbons (Fsp3) is 0.250. The van der Waals surface area contributed by atoms with Crippen molar-refractivity contribution < 1.29 is 10.2 Å². The second-order valence-electron chi connectivity index (χ2n) is 2.30. The molecule has 12 heavy (non-hydrogen) atoms. The molecule has 0 fully saturated rings. The molecule has 0 bridgehead atoms. The molecule has 66 valence electrons. The summed E-state index contributed by atoms with van der Waals surface area (Å²) in [5.74, 6) is 0. The minimum atomic E-state index is -0.188. The molecule has 0 aliphatic rings. The number of hydrogen-bond acceptors (Lipinski definition) is 3. The Bertz CT molecular complexity index is 251. The van der Waals surface area contributed by atoms with Crippen molar-refractivity contribution in [3.63, 3.8) is 0 Å². The van der Waals surface area contributed by atoms with Crippen LogP contribution in [-0.4, -0.2) is 23.7 Å². The molecule has 0 saturated carbocycles. The monoisotopic (exact) mass is 231 g/mol. The van der Waals surface area contributed by atoms with Gasteiger partial charge >= 0.3 is 0 Å². The van der Waals surface area contributed by atoms with Crippen LogP contribution in [0.3, 0.4) is 0 Å². The second-order valence-corrected chi connectivity index (χ2v) is 3.22. The van der Waals surface area contributed by atoms with Crippen LogP contribution in [0.25, 0.3) is 0 Å². The second kappa shape index (κ2) is 4.45. The normalized spacial score (nSPS) is 9.92. The van der Waals surface area contributed by atoms with Crippen molar-refractivity contribution in [2.45, 2.75) is 0 Å². The van der Waals surface area contributed by atoms with E-state index in [2.05, 4.69) is 15.9 Å². The lowest BCUT2D eigenvalue weighted by molar-refractivity contribution is 0.223. The Morgan fingerprint density at radius 1 is 1.25 bits per heavy atom. The van der Waals surface area contributed by atoms with Crippen LogP contribution in [0.2, 0.25) is 0 Å². The smallest absolute Gasteiger partial charge is 0.117 e. The maximum Gasteiger partial charge on any atom is 0.117 e. The number of rotatable bonds is 3. The Balaban J connectivity index is 2.85. The van der Waals surface area contributed by atoms with Gasteiger partial charge in [0, 0.05) is 10.2 Å². The molecule has 4 heteroatoms. The van der Waals surface area contributed by atoms with E-state index in [1.807, 2.05) is 24.3 Å². The topological polar surface area (TPSA) is 43.7 Å². The van der Waals surface area contributed by atoms with Gasteiger partial charge in [0.15, 0.2) is 0 Å². The first-order valence-corrected chi connectivity index (χ1v) is 4.29. The minimum absolute atomic E-state index is 0.188. The molecule has 0 aliphatic carbocycles. The van der Waals surface area contributed by atoms with Gasteiger partial charge in [-0.1, -0.05) is 22.0 Å². The fourth-order valence-corrected chi connectivity index (χ4v) is 1.27. The zero-order valence-electron chi connectivity index (χ0n) is 6.44. The summed E-state index contributed by atoms with van der Waals surface area (Å²) in [6.07, 6.45) is 0. The SMILES string of the molecule is OCN(CO)c1cccc(Br)c1. The molecule has 2 N–H and O–H groups in total. The fourth-order valence-electron chi connectivity index (χ4n) is 0.881. The molecule has 1 aromatic rings. The van der Waals surface area contributed by atoms with E-state index in [9.17, 15) is 0 Å². The van der Waals surface area contributed by atoms with Gasteiger partial charge in [0.25, 0.3) is 0 Å². The van der Waals surface area contributed by atoms with Crippen molar-refractivity contribution in [2.75, 3.05) is 18.4 Å². The Labute approximate surface area is 79.4 Å². The molecule has 0 atom stereocenters. The third-order valence-electron chi connectivity index (χ3n) is 1.51. The van der Waals surface area contributed by atoms with E-state index in [1.54, 1.807) is 0 Å². The highest BCUT2D eigenvalue weighted by Crippen LogP contribution is 2.18. The van der Waals surface area contributed by atoms with E-state index in [1.165, 1.54) is 4.90 Å². The van der Waals surface area contributed by atoms with Crippen LogP contribution >= 0.6 is 15.9 Å². The van der Waals surface area contributed by atoms with Crippen LogP contribution in [-0.2, 0) is 0 Å². The summed E-state index contributed by atoms with van der Waals surface area (Å²) in [4.78, 5) is 1.44. The van der Waals surface area contributed by atoms with E-state index < -0.39 is 0 Å². The number of benzene rings is 1. The predicted octanol–water partition coefficient (Wildman–Crippen LogP) is 1.16. The first kappa shape index (κ1) is 9.51. The molecule has 0 unspecified atom stereocenters. The molecule has 3 nitrogen and oxygen atoms in total. The molecule has 0 radical (unpaired) electrons. The molecular formula is C8H10BrNO2. The summed E-state index contributed by atoms with van der Waals surface area (Å²) in [7, 11) is 0. The summed E-state index contributed by atoms with van der Waals surface area (Å²) in [5.41, 5.74) is 0.786. The van der Waals surface area contributed by atoms with Gasteiger partial charge in [0.2, 0.25) is 0 Å². The van der Waals surface area contributed by atoms with Gasteiger partial charge in [-0.3, -0.25) is 0 Å². The number of anilines is 1. The number of aliphatic hydroxyl groups is 2. The third kappa shape index (κ3) is 2.20. The lowest BCUT2D eigenvalue weighted by Gasteiger charge is -2.18. The average molecular weight is 232 g/mol. The summed E-state index contributed by atoms with van der Waals surface area (Å²) < 4.78 is 0.923. The maximum absolute atomic E-state index is 8.82. The predicted molar refractivity (Wildman–Crippen MR) is 50.8 cm³/mol. The van der Waals surface area contributed by atoms with Crippen molar-refractivity contribution in [3.05, 3.63) is 28.7 Å². The summed E-state index contributed by atoms with van der Waals surface area (Å²) in [6, 6.07) is 7.37. The number of aliphatic hydroxyl groups excluding tert-OH is 2. The van der Waals surface area contributed by atoms with Crippen molar-refractivity contribution >= 4 is 21.6 Å². The van der Waals surface area contributed by atoms with Gasteiger partial charge in [0.1, 0.15) is 13.5 Å². The van der Waals surface area contributed by atoms with Crippen LogP contribution in [0.4, 0.5) is 5.69 Å². The number of nitrogens with zero attached hydrogens (tertiary/aromatic N) is 1. The van der Waals surface area contributed by atoms with E-state index in [-0.39, 0.29) is 13.5 Å². The van der Waals surface area contributed by atoms with Crippen LogP contribution < -0.4 is 4.90 Å². The molecule has 0 aliphatic heterocycles. The summed E-state index contributed by atoms with van der Waals surface area (Å²) >= 11 is 3.30. The Hall–Kier alpha value is -0.580. The van der Waals surface area contributed by atoms with E-state index >= 15 is 0 Å². The van der Waals surface area contributed by atoms with E-state index in [0.29, 0.717) is 0 Å². The van der Waals surface area contributed by atoms with Crippen LogP contribution in [0.1, 0.15) is 0 Å². The molecular weight excluding hydrogens is 222 g/mol. The Kier molecular flexibility index (Phi) is 3.52. The first-order valence-electron chi connectivity index (χ1n) is 3.50. The summed E-state index contributed by atoms with van der Waals surface area (Å²) in [5, 5.41) is 17.6. The minimum Gasteiger partial charge on any atom is -0.376 e. The van der Waals surface area contributed by atoms with Crippen LogP contribution in [0, 0.1) is 0 Å². The maximum atomic E-state index is 8.82. The third-order valence-corrected chi connectivity index (χ3v) is 2.01. The lowest BCUT2D eigenvalue weighted by Crippen LogP contribution is -2.24. The van der Waals surface area contributed by atoms with E-state index in [4.69, 9.17) is 10.2 Å². The molecule has 1 rings (SSSR count). The zero-order chi connectivity index (χ0) is 8.97. The van der Waals surface area contributed by atoms with Crippen LogP contribution in [0.15, 0.2) is 28.7 Å². The van der Waals surface area contributed by atoms with Gasteiger partial charge < -0.3 is 15.1 Å². The van der Waals surface area contributed by atoms with Crippen molar-refractivity contribution in [2.24, 2.45) is 0 Å². The summed E-state index contributed by atoms with van der Waals surface area (Å²) in [6.45, 7) is -0.375. The highest BCUT2D eigenvalue weighted by atomic mass is 79.9. The molecule has 1 aromatic carbocycles. The molecule has 0 heterocycles. The van der Waals surface area contributed by atoms with Crippen LogP contribution in [0.5, 0.6) is 0 Å². The molecule has 0 aromatic heterocycles. The molecule has 0 amide bonds. The standard InChI is InChI=1S/C8H10BrNO2/c9-7-2-1-3-8(4-7)10(5-11)6-12/h1-4,11-12H,5-6H2. The van der Waals surface area contributed by atoms with Gasteiger partial charge in [-0.2, -0.15) is 0 Å². The molecule has 0 saturated heterocycles. The quantitative estimate of drug-likeness (QED) is 0.768. The Morgan fingerprint density at radius 3 is 2.42 bits per heavy atom. The highest BCUT2D eigenvalue weighted by molar-refractivity contribution is 9.10. The zero-order valence-corrected chi connectivity index (χ0v) is 8.03. The van der Waals surface area contributed by atoms with Crippen molar-refractivity contribution in [1.82, 2.24) is 0 Å². The number of halogens is 1. The lowest BCUT2D eigenvalue weighted by atomic mass is 10.3. The van der Waals surface area contributed by atoms with Crippen molar-refractivity contribution in [3.8, 4) is 0 Å². The Morgan fingerprint density at radius 2 is 1.92 bits per heavy atom. The number of hydrogen-bond donors (Lipinski definition) is 2. The largest absolute Gasteiger partial charge is 0.376 e. The van der Waals surface area contributed by atoms with Gasteiger partial charge in [0.05, 0.1) is 0 Å². The molecule has 0 spiro atoms. The highest BCUT2D eigenvalue weighted by Gasteiger charge is 2.01. The van der Waals surface area contributed by atoms with Gasteiger partial charge in [-0.05, 0) is 18.2 Å². The van der Waals surface area contributed by atoms with Gasteiger partial charge in [-0.15, -0.1) is 0 Å². The average Bonchev–Trinajstić information content (AvgIpc) is 2.07. The van der Waals surface area contributed by atoms with E-state index in [0.717, 1.165) is 10.2 Å². The van der Waals surface area contributed by atoms with Gasteiger partial charge in [-0.25, -0.2) is 0 Å². The van der Waals surface area contributed by atoms with Crippen molar-refractivity contribution in [1.29, 1.82) is 0 Å².